The summed E-state index contributed by atoms with van der Waals surface area (Å²) in [5.74, 6) is -0.324. The molecule has 1 heterocycles. The van der Waals surface area contributed by atoms with Gasteiger partial charge in [-0.2, -0.15) is 0 Å². The Kier molecular flexibility index (Phi) is 5.06. The highest BCUT2D eigenvalue weighted by atomic mass is 32.2. The summed E-state index contributed by atoms with van der Waals surface area (Å²) in [5.41, 5.74) is 1.93. The SMILES string of the molecule is CN1C(=O)Cc2cc(S(=O)(=O)NCCNC(=O)c3ccccc3)ccc21. The van der Waals surface area contributed by atoms with Gasteiger partial charge in [0.1, 0.15) is 0 Å². The van der Waals surface area contributed by atoms with Crippen LogP contribution in [0.25, 0.3) is 0 Å². The highest BCUT2D eigenvalue weighted by Gasteiger charge is 2.26. The summed E-state index contributed by atoms with van der Waals surface area (Å²) in [7, 11) is -2.05. The Balaban J connectivity index is 1.57. The number of nitrogens with one attached hydrogen (secondary N) is 2. The number of hydrogen-bond donors (Lipinski definition) is 2. The summed E-state index contributed by atoms with van der Waals surface area (Å²) in [4.78, 5) is 25.2. The van der Waals surface area contributed by atoms with Crippen LogP contribution in [0.2, 0.25) is 0 Å². The largest absolute Gasteiger partial charge is 0.351 e. The van der Waals surface area contributed by atoms with E-state index >= 15 is 0 Å². The molecule has 26 heavy (non-hydrogen) atoms. The van der Waals surface area contributed by atoms with Gasteiger partial charge in [0.05, 0.1) is 11.3 Å². The van der Waals surface area contributed by atoms with Crippen molar-refractivity contribution in [3.63, 3.8) is 0 Å². The minimum absolute atomic E-state index is 0.0638. The third kappa shape index (κ3) is 3.76. The summed E-state index contributed by atoms with van der Waals surface area (Å²) in [5, 5.41) is 2.66. The topological polar surface area (TPSA) is 95.6 Å². The third-order valence-corrected chi connectivity index (χ3v) is 5.64. The van der Waals surface area contributed by atoms with Gasteiger partial charge in [-0.25, -0.2) is 13.1 Å². The summed E-state index contributed by atoms with van der Waals surface area (Å²) < 4.78 is 27.2. The molecule has 0 radical (unpaired) electrons. The van der Waals surface area contributed by atoms with Crippen LogP contribution in [0.3, 0.4) is 0 Å². The van der Waals surface area contributed by atoms with Crippen molar-refractivity contribution < 1.29 is 18.0 Å². The molecule has 7 nitrogen and oxygen atoms in total. The highest BCUT2D eigenvalue weighted by Crippen LogP contribution is 2.29. The minimum atomic E-state index is -3.71. The minimum Gasteiger partial charge on any atom is -0.351 e. The number of sulfonamides is 1. The van der Waals surface area contributed by atoms with Gasteiger partial charge in [-0.15, -0.1) is 0 Å². The molecule has 0 saturated carbocycles. The number of carbonyl (C=O) groups is 2. The van der Waals surface area contributed by atoms with E-state index in [2.05, 4.69) is 10.0 Å². The second-order valence-corrected chi connectivity index (χ2v) is 7.71. The van der Waals surface area contributed by atoms with E-state index in [1.54, 1.807) is 37.4 Å². The second kappa shape index (κ2) is 7.27. The van der Waals surface area contributed by atoms with E-state index in [1.807, 2.05) is 6.07 Å². The summed E-state index contributed by atoms with van der Waals surface area (Å²) in [6.07, 6.45) is 0.197. The molecule has 2 N–H and O–H groups in total. The van der Waals surface area contributed by atoms with Crippen LogP contribution in [-0.2, 0) is 21.2 Å². The first-order valence-electron chi connectivity index (χ1n) is 8.11. The van der Waals surface area contributed by atoms with Crippen molar-refractivity contribution in [2.75, 3.05) is 25.0 Å². The summed E-state index contributed by atoms with van der Waals surface area (Å²) >= 11 is 0. The number of hydrogen-bond acceptors (Lipinski definition) is 4. The zero-order valence-electron chi connectivity index (χ0n) is 14.2. The Morgan fingerprint density at radius 3 is 2.58 bits per heavy atom. The molecule has 1 aliphatic rings. The highest BCUT2D eigenvalue weighted by molar-refractivity contribution is 7.89. The van der Waals surface area contributed by atoms with Crippen molar-refractivity contribution in [2.45, 2.75) is 11.3 Å². The smallest absolute Gasteiger partial charge is 0.251 e. The third-order valence-electron chi connectivity index (χ3n) is 4.18. The van der Waals surface area contributed by atoms with Gasteiger partial charge < -0.3 is 10.2 Å². The fraction of sp³-hybridized carbons (Fsp3) is 0.222. The van der Waals surface area contributed by atoms with Gasteiger partial charge in [0, 0.05) is 31.4 Å². The lowest BCUT2D eigenvalue weighted by Crippen LogP contribution is -2.34. The molecule has 1 aliphatic heterocycles. The predicted octanol–water partition coefficient (Wildman–Crippen LogP) is 0.914. The molecular weight excluding hydrogens is 354 g/mol. The van der Waals surface area contributed by atoms with E-state index in [0.717, 1.165) is 5.69 Å². The van der Waals surface area contributed by atoms with Crippen molar-refractivity contribution in [3.8, 4) is 0 Å². The maximum Gasteiger partial charge on any atom is 0.251 e. The van der Waals surface area contributed by atoms with Crippen LogP contribution < -0.4 is 14.9 Å². The van der Waals surface area contributed by atoms with Crippen LogP contribution >= 0.6 is 0 Å². The van der Waals surface area contributed by atoms with Crippen molar-refractivity contribution in [1.29, 1.82) is 0 Å². The first-order valence-corrected chi connectivity index (χ1v) is 9.59. The molecule has 0 fully saturated rings. The lowest BCUT2D eigenvalue weighted by molar-refractivity contribution is -0.117. The summed E-state index contributed by atoms with van der Waals surface area (Å²) in [6.45, 7) is 0.232. The Morgan fingerprint density at radius 2 is 1.85 bits per heavy atom. The molecule has 0 saturated heterocycles. The van der Waals surface area contributed by atoms with Crippen LogP contribution in [0.15, 0.2) is 53.4 Å². The van der Waals surface area contributed by atoms with Crippen LogP contribution in [-0.4, -0.2) is 40.4 Å². The number of likely N-dealkylation sites (N-methyl/N-ethyl adjacent to an activating group) is 1. The lowest BCUT2D eigenvalue weighted by atomic mass is 10.2. The predicted molar refractivity (Wildman–Crippen MR) is 97.5 cm³/mol. The van der Waals surface area contributed by atoms with Crippen molar-refractivity contribution in [3.05, 3.63) is 59.7 Å². The van der Waals surface area contributed by atoms with E-state index in [9.17, 15) is 18.0 Å². The first kappa shape index (κ1) is 18.1. The summed E-state index contributed by atoms with van der Waals surface area (Å²) in [6, 6.07) is 13.3. The van der Waals surface area contributed by atoms with E-state index < -0.39 is 10.0 Å². The molecule has 2 aromatic carbocycles. The van der Waals surface area contributed by atoms with E-state index in [4.69, 9.17) is 0 Å². The Bertz CT molecular complexity index is 942. The molecule has 0 unspecified atom stereocenters. The first-order chi connectivity index (χ1) is 12.4. The second-order valence-electron chi connectivity index (χ2n) is 5.94. The van der Waals surface area contributed by atoms with E-state index in [-0.39, 0.29) is 36.2 Å². The van der Waals surface area contributed by atoms with Gasteiger partial charge in [-0.05, 0) is 35.9 Å². The molecule has 0 aliphatic carbocycles. The number of carbonyl (C=O) groups excluding carboxylic acids is 2. The van der Waals surface area contributed by atoms with Gasteiger partial charge in [0.25, 0.3) is 5.91 Å². The normalized spacial score (nSPS) is 13.6. The number of amides is 2. The van der Waals surface area contributed by atoms with Crippen molar-refractivity contribution >= 4 is 27.5 Å². The van der Waals surface area contributed by atoms with Crippen molar-refractivity contribution in [1.82, 2.24) is 10.0 Å². The maximum absolute atomic E-state index is 12.4. The van der Waals surface area contributed by atoms with Gasteiger partial charge in [0.15, 0.2) is 0 Å². The molecule has 0 spiro atoms. The van der Waals surface area contributed by atoms with Gasteiger partial charge in [-0.1, -0.05) is 18.2 Å². The van der Waals surface area contributed by atoms with Crippen LogP contribution in [0.4, 0.5) is 5.69 Å². The molecule has 0 bridgehead atoms. The fourth-order valence-electron chi connectivity index (χ4n) is 2.75. The molecule has 136 valence electrons. The van der Waals surface area contributed by atoms with Gasteiger partial charge in [0.2, 0.25) is 15.9 Å². The Hall–Kier alpha value is -2.71. The number of anilines is 1. The number of fused-ring (bicyclic) bond motifs is 1. The van der Waals surface area contributed by atoms with Crippen LogP contribution in [0.5, 0.6) is 0 Å². The van der Waals surface area contributed by atoms with E-state index in [1.165, 1.54) is 17.0 Å². The Labute approximate surface area is 152 Å². The zero-order valence-corrected chi connectivity index (χ0v) is 15.0. The average Bonchev–Trinajstić information content (AvgIpc) is 2.93. The van der Waals surface area contributed by atoms with E-state index in [0.29, 0.717) is 11.1 Å². The molecule has 3 rings (SSSR count). The molecule has 2 amide bonds. The number of rotatable bonds is 6. The van der Waals surface area contributed by atoms with Crippen LogP contribution in [0.1, 0.15) is 15.9 Å². The molecule has 0 aromatic heterocycles. The van der Waals surface area contributed by atoms with Crippen molar-refractivity contribution in [2.24, 2.45) is 0 Å². The Morgan fingerprint density at radius 1 is 1.12 bits per heavy atom. The molecular formula is C18H19N3O4S. The molecule has 0 atom stereocenters. The monoisotopic (exact) mass is 373 g/mol. The average molecular weight is 373 g/mol. The fourth-order valence-corrected chi connectivity index (χ4v) is 3.83. The standard InChI is InChI=1S/C18H19N3O4S/c1-21-16-8-7-15(11-14(16)12-17(21)22)26(24,25)20-10-9-19-18(23)13-5-3-2-4-6-13/h2-8,11,20H,9-10,12H2,1H3,(H,19,23). The van der Waals surface area contributed by atoms with Gasteiger partial charge in [-0.3, -0.25) is 9.59 Å². The molecule has 8 heteroatoms. The quantitative estimate of drug-likeness (QED) is 0.736. The molecule has 2 aromatic rings. The number of nitrogens with zero attached hydrogens (tertiary/aromatic N) is 1. The number of benzene rings is 2. The lowest BCUT2D eigenvalue weighted by Gasteiger charge is -2.11. The van der Waals surface area contributed by atoms with Gasteiger partial charge >= 0.3 is 0 Å². The zero-order chi connectivity index (χ0) is 18.7. The van der Waals surface area contributed by atoms with Crippen LogP contribution in [0, 0.1) is 0 Å². The maximum atomic E-state index is 12.4.